The Labute approximate surface area is 198 Å². The molecule has 3 aromatic carbocycles. The molecule has 1 heterocycles. The molecule has 9 heteroatoms. The first kappa shape index (κ1) is 22.6. The molecule has 0 aliphatic carbocycles. The Hall–Kier alpha value is -3.62. The summed E-state index contributed by atoms with van der Waals surface area (Å²) in [5.74, 6) is -1.82. The highest BCUT2D eigenvalue weighted by molar-refractivity contribution is 7.18. The highest BCUT2D eigenvalue weighted by Crippen LogP contribution is 2.27. The number of halogens is 2. The quantitative estimate of drug-likeness (QED) is 0.391. The molecule has 0 unspecified atom stereocenters. The Kier molecular flexibility index (Phi) is 7.07. The SMILES string of the molecule is O=C(N[C@@H](Cc1ccccc1)C(=O)Nc1nnc(-c2ccc(Cl)cc2)s1)c1ccccc1F. The van der Waals surface area contributed by atoms with Crippen LogP contribution in [0.2, 0.25) is 5.02 Å². The predicted octanol–water partition coefficient (Wildman–Crippen LogP) is 4.98. The summed E-state index contributed by atoms with van der Waals surface area (Å²) in [4.78, 5) is 25.7. The third kappa shape index (κ3) is 5.79. The maximum Gasteiger partial charge on any atom is 0.254 e. The van der Waals surface area contributed by atoms with E-state index in [1.807, 2.05) is 30.3 Å². The lowest BCUT2D eigenvalue weighted by Gasteiger charge is -2.18. The van der Waals surface area contributed by atoms with Gasteiger partial charge in [0.05, 0.1) is 5.56 Å². The molecule has 2 N–H and O–H groups in total. The zero-order chi connectivity index (χ0) is 23.2. The number of rotatable bonds is 7. The molecule has 4 rings (SSSR count). The molecule has 4 aromatic rings. The van der Waals surface area contributed by atoms with E-state index in [1.54, 1.807) is 30.3 Å². The lowest BCUT2D eigenvalue weighted by atomic mass is 10.0. The van der Waals surface area contributed by atoms with Gasteiger partial charge in [-0.2, -0.15) is 0 Å². The van der Waals surface area contributed by atoms with E-state index in [-0.39, 0.29) is 17.1 Å². The fourth-order valence-electron chi connectivity index (χ4n) is 3.12. The van der Waals surface area contributed by atoms with E-state index in [2.05, 4.69) is 20.8 Å². The third-order valence-electron chi connectivity index (χ3n) is 4.77. The van der Waals surface area contributed by atoms with E-state index in [1.165, 1.54) is 29.5 Å². The Morgan fingerprint density at radius 3 is 2.36 bits per heavy atom. The van der Waals surface area contributed by atoms with Crippen LogP contribution in [-0.2, 0) is 11.2 Å². The number of hydrogen-bond acceptors (Lipinski definition) is 5. The van der Waals surface area contributed by atoms with E-state index in [0.29, 0.717) is 10.0 Å². The van der Waals surface area contributed by atoms with Crippen LogP contribution in [-0.4, -0.2) is 28.1 Å². The van der Waals surface area contributed by atoms with Gasteiger partial charge in [0.25, 0.3) is 5.91 Å². The maximum atomic E-state index is 14.1. The lowest BCUT2D eigenvalue weighted by molar-refractivity contribution is -0.118. The molecular formula is C24H18ClFN4O2S. The summed E-state index contributed by atoms with van der Waals surface area (Å²) in [6.45, 7) is 0. The van der Waals surface area contributed by atoms with Crippen molar-refractivity contribution in [1.29, 1.82) is 0 Å². The fraction of sp³-hybridized carbons (Fsp3) is 0.0833. The first-order valence-electron chi connectivity index (χ1n) is 9.99. The number of anilines is 1. The van der Waals surface area contributed by atoms with Crippen LogP contribution in [0.3, 0.4) is 0 Å². The second-order valence-corrected chi connectivity index (χ2v) is 8.52. The normalized spacial score (nSPS) is 11.6. The number of benzene rings is 3. The minimum Gasteiger partial charge on any atom is -0.340 e. The summed E-state index contributed by atoms with van der Waals surface area (Å²) in [7, 11) is 0. The molecule has 0 saturated carbocycles. The van der Waals surface area contributed by atoms with Crippen molar-refractivity contribution in [3.63, 3.8) is 0 Å². The van der Waals surface area contributed by atoms with Crippen LogP contribution >= 0.6 is 22.9 Å². The molecule has 0 spiro atoms. The summed E-state index contributed by atoms with van der Waals surface area (Å²) < 4.78 is 14.1. The number of nitrogens with zero attached hydrogens (tertiary/aromatic N) is 2. The molecule has 0 radical (unpaired) electrons. The predicted molar refractivity (Wildman–Crippen MR) is 127 cm³/mol. The van der Waals surface area contributed by atoms with Gasteiger partial charge in [0, 0.05) is 17.0 Å². The van der Waals surface area contributed by atoms with Crippen LogP contribution in [0.4, 0.5) is 9.52 Å². The largest absolute Gasteiger partial charge is 0.340 e. The molecule has 0 bridgehead atoms. The van der Waals surface area contributed by atoms with E-state index in [0.717, 1.165) is 11.1 Å². The van der Waals surface area contributed by atoms with Gasteiger partial charge in [-0.3, -0.25) is 14.9 Å². The minimum atomic E-state index is -0.956. The van der Waals surface area contributed by atoms with E-state index >= 15 is 0 Å². The van der Waals surface area contributed by atoms with Crippen LogP contribution in [0.5, 0.6) is 0 Å². The second-order valence-electron chi connectivity index (χ2n) is 7.10. The molecule has 33 heavy (non-hydrogen) atoms. The number of amides is 2. The van der Waals surface area contributed by atoms with Crippen molar-refractivity contribution in [3.8, 4) is 10.6 Å². The van der Waals surface area contributed by atoms with E-state index < -0.39 is 23.7 Å². The lowest BCUT2D eigenvalue weighted by Crippen LogP contribution is -2.45. The molecular weight excluding hydrogens is 463 g/mol. The zero-order valence-corrected chi connectivity index (χ0v) is 18.7. The number of nitrogens with one attached hydrogen (secondary N) is 2. The van der Waals surface area contributed by atoms with Gasteiger partial charge in [-0.15, -0.1) is 10.2 Å². The topological polar surface area (TPSA) is 84.0 Å². The Bertz CT molecular complexity index is 1260. The average molecular weight is 481 g/mol. The van der Waals surface area contributed by atoms with Crippen molar-refractivity contribution in [2.75, 3.05) is 5.32 Å². The molecule has 1 aromatic heterocycles. The summed E-state index contributed by atoms with van der Waals surface area (Å²) in [6.07, 6.45) is 0.218. The van der Waals surface area contributed by atoms with Gasteiger partial charge < -0.3 is 5.32 Å². The number of hydrogen-bond donors (Lipinski definition) is 2. The van der Waals surface area contributed by atoms with Gasteiger partial charge in [0.15, 0.2) is 0 Å². The number of carbonyl (C=O) groups is 2. The van der Waals surface area contributed by atoms with E-state index in [4.69, 9.17) is 11.6 Å². The van der Waals surface area contributed by atoms with Gasteiger partial charge in [-0.1, -0.05) is 77.5 Å². The van der Waals surface area contributed by atoms with Crippen molar-refractivity contribution in [2.45, 2.75) is 12.5 Å². The van der Waals surface area contributed by atoms with Crippen molar-refractivity contribution >= 4 is 39.9 Å². The summed E-state index contributed by atoms with van der Waals surface area (Å²) in [5, 5.41) is 15.0. The van der Waals surface area contributed by atoms with Gasteiger partial charge in [-0.05, 0) is 29.8 Å². The average Bonchev–Trinajstić information content (AvgIpc) is 3.28. The van der Waals surface area contributed by atoms with Crippen molar-refractivity contribution in [1.82, 2.24) is 15.5 Å². The van der Waals surface area contributed by atoms with Gasteiger partial charge in [0.2, 0.25) is 11.0 Å². The Morgan fingerprint density at radius 2 is 1.64 bits per heavy atom. The maximum absolute atomic E-state index is 14.1. The third-order valence-corrected chi connectivity index (χ3v) is 5.91. The first-order valence-corrected chi connectivity index (χ1v) is 11.2. The zero-order valence-electron chi connectivity index (χ0n) is 17.2. The van der Waals surface area contributed by atoms with Crippen LogP contribution in [0.15, 0.2) is 78.9 Å². The highest BCUT2D eigenvalue weighted by atomic mass is 35.5. The second kappa shape index (κ2) is 10.3. The smallest absolute Gasteiger partial charge is 0.254 e. The number of aromatic nitrogens is 2. The number of carbonyl (C=O) groups excluding carboxylic acids is 2. The summed E-state index contributed by atoms with van der Waals surface area (Å²) in [5.41, 5.74) is 1.51. The van der Waals surface area contributed by atoms with Crippen LogP contribution in [0.1, 0.15) is 15.9 Å². The monoisotopic (exact) mass is 480 g/mol. The molecule has 0 fully saturated rings. The summed E-state index contributed by atoms with van der Waals surface area (Å²) in [6, 6.07) is 21.0. The fourth-order valence-corrected chi connectivity index (χ4v) is 3.99. The molecule has 1 atom stereocenters. The summed E-state index contributed by atoms with van der Waals surface area (Å²) >= 11 is 7.11. The Morgan fingerprint density at radius 1 is 0.939 bits per heavy atom. The minimum absolute atomic E-state index is 0.135. The molecule has 2 amide bonds. The van der Waals surface area contributed by atoms with Crippen molar-refractivity contribution in [2.24, 2.45) is 0 Å². The first-order chi connectivity index (χ1) is 16.0. The van der Waals surface area contributed by atoms with Gasteiger partial charge in [-0.25, -0.2) is 4.39 Å². The molecule has 0 aliphatic rings. The molecule has 6 nitrogen and oxygen atoms in total. The molecule has 0 aliphatic heterocycles. The van der Waals surface area contributed by atoms with Crippen molar-refractivity contribution in [3.05, 3.63) is 101 Å². The van der Waals surface area contributed by atoms with Crippen molar-refractivity contribution < 1.29 is 14.0 Å². The molecule has 0 saturated heterocycles. The highest BCUT2D eigenvalue weighted by Gasteiger charge is 2.24. The van der Waals surface area contributed by atoms with Crippen LogP contribution in [0.25, 0.3) is 10.6 Å². The van der Waals surface area contributed by atoms with E-state index in [9.17, 15) is 14.0 Å². The standard InChI is InChI=1S/C24H18ClFN4O2S/c25-17-12-10-16(11-13-17)23-29-30-24(33-23)28-22(32)20(14-15-6-2-1-3-7-15)27-21(31)18-8-4-5-9-19(18)26/h1-13,20H,14H2,(H,27,31)(H,28,30,32)/t20-/m0/s1. The van der Waals surface area contributed by atoms with Crippen LogP contribution < -0.4 is 10.6 Å². The molecule has 166 valence electrons. The Balaban J connectivity index is 1.52. The van der Waals surface area contributed by atoms with Crippen LogP contribution in [0, 0.1) is 5.82 Å². The van der Waals surface area contributed by atoms with Gasteiger partial charge in [0.1, 0.15) is 16.9 Å². The van der Waals surface area contributed by atoms with Gasteiger partial charge >= 0.3 is 0 Å².